The number of ether oxygens (including phenoxy) is 2. The Morgan fingerprint density at radius 2 is 1.88 bits per heavy atom. The quantitative estimate of drug-likeness (QED) is 0.768. The van der Waals surface area contributed by atoms with Gasteiger partial charge in [0.25, 0.3) is 0 Å². The third-order valence-electron chi connectivity index (χ3n) is 1.90. The highest BCUT2D eigenvalue weighted by atomic mass is 19.4. The first-order valence-corrected chi connectivity index (χ1v) is 4.83. The van der Waals surface area contributed by atoms with Gasteiger partial charge in [-0.1, -0.05) is 30.3 Å². The molecule has 0 N–H and O–H groups in total. The highest BCUT2D eigenvalue weighted by Crippen LogP contribution is 2.18. The van der Waals surface area contributed by atoms with Gasteiger partial charge in [0.05, 0.1) is 0 Å². The van der Waals surface area contributed by atoms with Gasteiger partial charge >= 0.3 is 12.3 Å². The first-order chi connectivity index (χ1) is 7.88. The van der Waals surface area contributed by atoms with Crippen LogP contribution in [-0.2, 0) is 9.47 Å². The SMILES string of the molecule is CC(OC(=O)OCC(F)(F)F)c1ccccc1. The largest absolute Gasteiger partial charge is 0.509 e. The summed E-state index contributed by atoms with van der Waals surface area (Å²) >= 11 is 0. The molecule has 0 aliphatic heterocycles. The van der Waals surface area contributed by atoms with Gasteiger partial charge in [-0.25, -0.2) is 4.79 Å². The lowest BCUT2D eigenvalue weighted by atomic mass is 10.1. The Morgan fingerprint density at radius 1 is 1.29 bits per heavy atom. The van der Waals surface area contributed by atoms with Crippen molar-refractivity contribution in [2.45, 2.75) is 19.2 Å². The highest BCUT2D eigenvalue weighted by Gasteiger charge is 2.30. The van der Waals surface area contributed by atoms with Crippen LogP contribution in [0.3, 0.4) is 0 Å². The van der Waals surface area contributed by atoms with Crippen LogP contribution in [0.2, 0.25) is 0 Å². The van der Waals surface area contributed by atoms with Crippen molar-refractivity contribution in [2.24, 2.45) is 0 Å². The number of carbonyl (C=O) groups is 1. The predicted molar refractivity (Wildman–Crippen MR) is 53.3 cm³/mol. The zero-order valence-corrected chi connectivity index (χ0v) is 9.03. The number of carbonyl (C=O) groups excluding carboxylic acids is 1. The van der Waals surface area contributed by atoms with Crippen LogP contribution < -0.4 is 0 Å². The molecule has 1 aromatic carbocycles. The van der Waals surface area contributed by atoms with E-state index in [1.54, 1.807) is 37.3 Å². The molecule has 0 amide bonds. The summed E-state index contributed by atoms with van der Waals surface area (Å²) < 4.78 is 43.8. The number of benzene rings is 1. The van der Waals surface area contributed by atoms with Gasteiger partial charge in [0.2, 0.25) is 0 Å². The maximum atomic E-state index is 11.7. The minimum absolute atomic E-state index is 0.656. The van der Waals surface area contributed by atoms with Crippen molar-refractivity contribution in [3.63, 3.8) is 0 Å². The Labute approximate surface area is 96.1 Å². The molecule has 0 bridgehead atoms. The smallest absolute Gasteiger partial charge is 0.426 e. The third kappa shape index (κ3) is 5.24. The second kappa shape index (κ2) is 5.56. The Morgan fingerprint density at radius 3 is 2.41 bits per heavy atom. The van der Waals surface area contributed by atoms with Crippen LogP contribution in [0.25, 0.3) is 0 Å². The van der Waals surface area contributed by atoms with Gasteiger partial charge in [0.1, 0.15) is 6.10 Å². The molecule has 0 radical (unpaired) electrons. The lowest BCUT2D eigenvalue weighted by Crippen LogP contribution is -2.21. The molecule has 6 heteroatoms. The van der Waals surface area contributed by atoms with Gasteiger partial charge < -0.3 is 9.47 Å². The van der Waals surface area contributed by atoms with Crippen LogP contribution >= 0.6 is 0 Å². The molecular weight excluding hydrogens is 237 g/mol. The molecule has 0 saturated heterocycles. The minimum atomic E-state index is -4.55. The Hall–Kier alpha value is -1.72. The summed E-state index contributed by atoms with van der Waals surface area (Å²) in [5.41, 5.74) is 0.677. The molecule has 1 rings (SSSR count). The Balaban J connectivity index is 2.42. The molecule has 17 heavy (non-hydrogen) atoms. The van der Waals surface area contributed by atoms with Crippen molar-refractivity contribution in [2.75, 3.05) is 6.61 Å². The van der Waals surface area contributed by atoms with Crippen LogP contribution in [0.1, 0.15) is 18.6 Å². The topological polar surface area (TPSA) is 35.5 Å². The molecule has 0 heterocycles. The van der Waals surface area contributed by atoms with Gasteiger partial charge in [-0.15, -0.1) is 0 Å². The van der Waals surface area contributed by atoms with Gasteiger partial charge in [-0.05, 0) is 12.5 Å². The van der Waals surface area contributed by atoms with Crippen LogP contribution in [0.15, 0.2) is 30.3 Å². The zero-order chi connectivity index (χ0) is 12.9. The molecule has 0 spiro atoms. The minimum Gasteiger partial charge on any atom is -0.426 e. The van der Waals surface area contributed by atoms with Crippen LogP contribution in [0, 0.1) is 0 Å². The van der Waals surface area contributed by atoms with Gasteiger partial charge in [0.15, 0.2) is 6.61 Å². The van der Waals surface area contributed by atoms with E-state index in [1.165, 1.54) is 0 Å². The van der Waals surface area contributed by atoms with Gasteiger partial charge in [0, 0.05) is 0 Å². The number of rotatable bonds is 3. The fourth-order valence-electron chi connectivity index (χ4n) is 1.11. The van der Waals surface area contributed by atoms with Crippen molar-refractivity contribution >= 4 is 6.16 Å². The summed E-state index contributed by atoms with van der Waals surface area (Å²) in [5, 5.41) is 0. The average Bonchev–Trinajstić information content (AvgIpc) is 2.27. The van der Waals surface area contributed by atoms with Crippen molar-refractivity contribution < 1.29 is 27.4 Å². The molecule has 94 valence electrons. The third-order valence-corrected chi connectivity index (χ3v) is 1.90. The molecule has 0 aliphatic carbocycles. The summed E-state index contributed by atoms with van der Waals surface area (Å²) in [6, 6.07) is 8.63. The number of hydrogen-bond donors (Lipinski definition) is 0. The molecule has 1 atom stereocenters. The van der Waals surface area contributed by atoms with E-state index in [4.69, 9.17) is 0 Å². The fraction of sp³-hybridized carbons (Fsp3) is 0.364. The summed E-state index contributed by atoms with van der Waals surface area (Å²) in [7, 11) is 0. The van der Waals surface area contributed by atoms with E-state index in [2.05, 4.69) is 9.47 Å². The number of hydrogen-bond acceptors (Lipinski definition) is 3. The van der Waals surface area contributed by atoms with Crippen LogP contribution in [0.4, 0.5) is 18.0 Å². The van der Waals surface area contributed by atoms with E-state index >= 15 is 0 Å². The standard InChI is InChI=1S/C11H11F3O3/c1-8(9-5-3-2-4-6-9)17-10(15)16-7-11(12,13)14/h2-6,8H,7H2,1H3. The Bertz CT molecular complexity index is 362. The molecule has 1 unspecified atom stereocenters. The summed E-state index contributed by atoms with van der Waals surface area (Å²) in [4.78, 5) is 10.9. The van der Waals surface area contributed by atoms with Gasteiger partial charge in [-0.2, -0.15) is 13.2 Å². The monoisotopic (exact) mass is 248 g/mol. The van der Waals surface area contributed by atoms with Crippen molar-refractivity contribution in [1.82, 2.24) is 0 Å². The highest BCUT2D eigenvalue weighted by molar-refractivity contribution is 5.60. The van der Waals surface area contributed by atoms with E-state index in [0.29, 0.717) is 5.56 Å². The maximum Gasteiger partial charge on any atom is 0.509 e. The molecular formula is C11H11F3O3. The van der Waals surface area contributed by atoms with E-state index < -0.39 is 25.0 Å². The maximum absolute atomic E-state index is 11.7. The Kier molecular flexibility index (Phi) is 4.37. The second-order valence-electron chi connectivity index (χ2n) is 3.32. The van der Waals surface area contributed by atoms with E-state index in [-0.39, 0.29) is 0 Å². The van der Waals surface area contributed by atoms with Crippen LogP contribution in [-0.4, -0.2) is 18.9 Å². The first-order valence-electron chi connectivity index (χ1n) is 4.83. The molecule has 0 aromatic heterocycles. The van der Waals surface area contributed by atoms with E-state index in [9.17, 15) is 18.0 Å². The van der Waals surface area contributed by atoms with Crippen molar-refractivity contribution in [3.8, 4) is 0 Å². The van der Waals surface area contributed by atoms with Crippen molar-refractivity contribution in [3.05, 3.63) is 35.9 Å². The molecule has 0 aliphatic rings. The van der Waals surface area contributed by atoms with Crippen LogP contribution in [0.5, 0.6) is 0 Å². The van der Waals surface area contributed by atoms with Crippen molar-refractivity contribution in [1.29, 1.82) is 0 Å². The van der Waals surface area contributed by atoms with Gasteiger partial charge in [-0.3, -0.25) is 0 Å². The summed E-state index contributed by atoms with van der Waals surface area (Å²) in [6.45, 7) is -0.0997. The number of alkyl halides is 3. The average molecular weight is 248 g/mol. The first kappa shape index (κ1) is 13.3. The summed E-state index contributed by atoms with van der Waals surface area (Å²) in [5.74, 6) is 0. The molecule has 0 fully saturated rings. The summed E-state index contributed by atoms with van der Waals surface area (Å²) in [6.07, 6.45) is -6.54. The normalized spacial score (nSPS) is 12.9. The van der Waals surface area contributed by atoms with E-state index in [0.717, 1.165) is 0 Å². The zero-order valence-electron chi connectivity index (χ0n) is 9.03. The second-order valence-corrected chi connectivity index (χ2v) is 3.32. The lowest BCUT2D eigenvalue weighted by molar-refractivity contribution is -0.166. The fourth-order valence-corrected chi connectivity index (χ4v) is 1.11. The predicted octanol–water partition coefficient (Wildman–Crippen LogP) is 3.46. The van der Waals surface area contributed by atoms with E-state index in [1.807, 2.05) is 0 Å². The number of halogens is 3. The molecule has 0 saturated carbocycles. The molecule has 3 nitrogen and oxygen atoms in total. The molecule has 1 aromatic rings. The lowest BCUT2D eigenvalue weighted by Gasteiger charge is -2.14.